The number of fused-ring (bicyclic) bond motifs is 1. The fourth-order valence-corrected chi connectivity index (χ4v) is 6.93. The highest BCUT2D eigenvalue weighted by Gasteiger charge is 2.32. The Hall–Kier alpha value is -3.36. The summed E-state index contributed by atoms with van der Waals surface area (Å²) in [5.74, 6) is -0.399. The van der Waals surface area contributed by atoms with Gasteiger partial charge >= 0.3 is 6.18 Å². The Labute approximate surface area is 297 Å². The number of anilines is 1. The van der Waals surface area contributed by atoms with Crippen LogP contribution in [0.5, 0.6) is 5.75 Å². The van der Waals surface area contributed by atoms with Gasteiger partial charge in [0.15, 0.2) is 0 Å². The van der Waals surface area contributed by atoms with Gasteiger partial charge in [0, 0.05) is 42.9 Å². The Morgan fingerprint density at radius 2 is 1.74 bits per heavy atom. The number of likely N-dealkylation sites (N-methyl/N-ethyl adjacent to an activating group) is 1. The van der Waals surface area contributed by atoms with Gasteiger partial charge in [0.2, 0.25) is 0 Å². The zero-order valence-corrected chi connectivity index (χ0v) is 30.2. The van der Waals surface area contributed by atoms with Crippen molar-refractivity contribution in [3.05, 3.63) is 88.4 Å². The Kier molecular flexibility index (Phi) is 13.6. The van der Waals surface area contributed by atoms with Crippen molar-refractivity contribution in [1.82, 2.24) is 9.80 Å². The van der Waals surface area contributed by atoms with E-state index in [4.69, 9.17) is 21.1 Å². The van der Waals surface area contributed by atoms with E-state index in [-0.39, 0.29) is 47.4 Å². The first-order valence-corrected chi connectivity index (χ1v) is 18.4. The van der Waals surface area contributed by atoms with E-state index in [1.54, 1.807) is 13.0 Å². The molecule has 14 heteroatoms. The summed E-state index contributed by atoms with van der Waals surface area (Å²) in [7, 11) is -2.15. The highest BCUT2D eigenvalue weighted by molar-refractivity contribution is 7.92. The fraction of sp³-hybridized carbons (Fsp3) is 0.472. The summed E-state index contributed by atoms with van der Waals surface area (Å²) in [4.78, 5) is 17.9. The maximum Gasteiger partial charge on any atom is 0.416 e. The zero-order valence-electron chi connectivity index (χ0n) is 28.6. The molecule has 3 aromatic rings. The molecule has 3 aromatic carbocycles. The van der Waals surface area contributed by atoms with E-state index < -0.39 is 33.7 Å². The predicted octanol–water partition coefficient (Wildman–Crippen LogP) is 7.09. The standard InChI is InChI=1S/C36H45ClF3N3O6S/c1-24-20-43(25(2)23-44)35(45)32-19-30(41-50(46,47)31-15-12-29(37)13-16-31)14-17-33(32)49-26(3)7-5-6-18-48-34(24)22-42(4)21-27-8-10-28(11-9-27)36(38,39)40/h8-17,19,24-26,34,41,44H,5-7,18,20-23H2,1-4H3/t24-,25-,26-,34+/m1/s1. The third-order valence-corrected chi connectivity index (χ3v) is 10.3. The minimum absolute atomic E-state index is 0.00290. The molecule has 274 valence electrons. The topological polar surface area (TPSA) is 108 Å². The molecule has 0 fully saturated rings. The molecule has 4 rings (SSSR count). The number of aliphatic hydroxyl groups excluding tert-OH is 1. The van der Waals surface area contributed by atoms with Gasteiger partial charge in [0.05, 0.1) is 40.9 Å². The number of sulfonamides is 1. The molecule has 0 spiro atoms. The monoisotopic (exact) mass is 739 g/mol. The summed E-state index contributed by atoms with van der Waals surface area (Å²) in [6, 6.07) is 14.7. The third-order valence-electron chi connectivity index (χ3n) is 8.65. The second-order valence-electron chi connectivity index (χ2n) is 13.0. The summed E-state index contributed by atoms with van der Waals surface area (Å²) in [5, 5.41) is 10.6. The second kappa shape index (κ2) is 17.2. The van der Waals surface area contributed by atoms with Gasteiger partial charge in [-0.15, -0.1) is 0 Å². The van der Waals surface area contributed by atoms with Crippen LogP contribution in [-0.4, -0.2) is 80.8 Å². The molecule has 0 aliphatic carbocycles. The molecule has 4 atom stereocenters. The van der Waals surface area contributed by atoms with Crippen molar-refractivity contribution >= 4 is 33.2 Å². The molecular weight excluding hydrogens is 695 g/mol. The fourth-order valence-electron chi connectivity index (χ4n) is 5.76. The van der Waals surface area contributed by atoms with E-state index in [0.717, 1.165) is 25.0 Å². The SMILES string of the molecule is C[C@@H]1CCCCO[C@@H](CN(C)Cc2ccc(C(F)(F)F)cc2)[C@H](C)CN([C@H](C)CO)C(=O)c2cc(NS(=O)(=O)c3ccc(Cl)cc3)ccc2O1. The summed E-state index contributed by atoms with van der Waals surface area (Å²) in [6.07, 6.45) is -2.82. The molecule has 1 aliphatic rings. The van der Waals surface area contributed by atoms with Gasteiger partial charge in [-0.25, -0.2) is 8.42 Å². The average Bonchev–Trinajstić information content (AvgIpc) is 3.06. The first-order chi connectivity index (χ1) is 23.6. The van der Waals surface area contributed by atoms with Crippen LogP contribution in [0.2, 0.25) is 5.02 Å². The predicted molar refractivity (Wildman–Crippen MR) is 187 cm³/mol. The van der Waals surface area contributed by atoms with Crippen molar-refractivity contribution < 1.29 is 41.0 Å². The number of aliphatic hydroxyl groups is 1. The Bertz CT molecular complexity index is 1680. The molecule has 0 saturated heterocycles. The summed E-state index contributed by atoms with van der Waals surface area (Å²) in [5.41, 5.74) is 0.296. The Balaban J connectivity index is 1.61. The number of rotatable bonds is 9. The molecule has 1 heterocycles. The molecule has 0 unspecified atom stereocenters. The number of benzene rings is 3. The lowest BCUT2D eigenvalue weighted by Crippen LogP contribution is -2.47. The molecule has 0 aromatic heterocycles. The first-order valence-electron chi connectivity index (χ1n) is 16.5. The minimum Gasteiger partial charge on any atom is -0.490 e. The van der Waals surface area contributed by atoms with Crippen molar-refractivity contribution in [2.75, 3.05) is 38.1 Å². The van der Waals surface area contributed by atoms with Crippen LogP contribution < -0.4 is 9.46 Å². The molecule has 9 nitrogen and oxygen atoms in total. The normalized spacial score (nSPS) is 20.5. The van der Waals surface area contributed by atoms with Crippen LogP contribution >= 0.6 is 11.6 Å². The average molecular weight is 740 g/mol. The quantitative estimate of drug-likeness (QED) is 0.241. The van der Waals surface area contributed by atoms with Crippen molar-refractivity contribution in [1.29, 1.82) is 0 Å². The van der Waals surface area contributed by atoms with Crippen LogP contribution in [0.15, 0.2) is 71.6 Å². The van der Waals surface area contributed by atoms with Gasteiger partial charge in [-0.1, -0.05) is 30.7 Å². The molecule has 1 amide bonds. The molecule has 0 bridgehead atoms. The molecule has 0 saturated carbocycles. The molecular formula is C36H45ClF3N3O6S. The lowest BCUT2D eigenvalue weighted by molar-refractivity contribution is -0.137. The molecule has 1 aliphatic heterocycles. The maximum atomic E-state index is 14.4. The van der Waals surface area contributed by atoms with E-state index in [0.29, 0.717) is 42.5 Å². The number of hydrogen-bond acceptors (Lipinski definition) is 7. The number of carbonyl (C=O) groups excluding carboxylic acids is 1. The zero-order chi connectivity index (χ0) is 36.6. The Morgan fingerprint density at radius 3 is 2.38 bits per heavy atom. The van der Waals surface area contributed by atoms with Gasteiger partial charge in [-0.05, 0) is 100 Å². The lowest BCUT2D eigenvalue weighted by atomic mass is 10.0. The van der Waals surface area contributed by atoms with Crippen molar-refractivity contribution in [3.63, 3.8) is 0 Å². The number of alkyl halides is 3. The molecule has 0 radical (unpaired) electrons. The number of nitrogens with one attached hydrogen (secondary N) is 1. The first kappa shape index (κ1) is 39.4. The van der Waals surface area contributed by atoms with Crippen LogP contribution in [0.3, 0.4) is 0 Å². The molecule has 2 N–H and O–H groups in total. The largest absolute Gasteiger partial charge is 0.490 e. The van der Waals surface area contributed by atoms with Crippen LogP contribution in [0.4, 0.5) is 18.9 Å². The lowest BCUT2D eigenvalue weighted by Gasteiger charge is -2.36. The summed E-state index contributed by atoms with van der Waals surface area (Å²) in [6.45, 7) is 6.71. The van der Waals surface area contributed by atoms with Gasteiger partial charge in [0.25, 0.3) is 15.9 Å². The van der Waals surface area contributed by atoms with Crippen molar-refractivity contribution in [2.24, 2.45) is 5.92 Å². The smallest absolute Gasteiger partial charge is 0.416 e. The van der Waals surface area contributed by atoms with Crippen LogP contribution in [0, 0.1) is 5.92 Å². The van der Waals surface area contributed by atoms with Gasteiger partial charge in [-0.3, -0.25) is 14.4 Å². The Morgan fingerprint density at radius 1 is 1.06 bits per heavy atom. The van der Waals surface area contributed by atoms with E-state index in [1.807, 2.05) is 25.8 Å². The summed E-state index contributed by atoms with van der Waals surface area (Å²) < 4.78 is 80.7. The van der Waals surface area contributed by atoms with E-state index in [2.05, 4.69) is 4.72 Å². The number of amides is 1. The van der Waals surface area contributed by atoms with E-state index in [9.17, 15) is 31.5 Å². The van der Waals surface area contributed by atoms with Crippen molar-refractivity contribution in [3.8, 4) is 5.75 Å². The van der Waals surface area contributed by atoms with Gasteiger partial charge in [0.1, 0.15) is 5.75 Å². The molecule has 50 heavy (non-hydrogen) atoms. The number of carbonyl (C=O) groups is 1. The van der Waals surface area contributed by atoms with E-state index in [1.165, 1.54) is 53.4 Å². The number of hydrogen-bond donors (Lipinski definition) is 2. The second-order valence-corrected chi connectivity index (χ2v) is 15.1. The number of nitrogens with zero attached hydrogens (tertiary/aromatic N) is 2. The van der Waals surface area contributed by atoms with Crippen molar-refractivity contribution in [2.45, 2.75) is 75.9 Å². The highest BCUT2D eigenvalue weighted by Crippen LogP contribution is 2.31. The summed E-state index contributed by atoms with van der Waals surface area (Å²) >= 11 is 5.94. The third kappa shape index (κ3) is 10.8. The number of halogens is 4. The van der Waals surface area contributed by atoms with Crippen LogP contribution in [0.1, 0.15) is 61.5 Å². The maximum absolute atomic E-state index is 14.4. The van der Waals surface area contributed by atoms with Crippen LogP contribution in [0.25, 0.3) is 0 Å². The number of ether oxygens (including phenoxy) is 2. The van der Waals surface area contributed by atoms with Crippen LogP contribution in [-0.2, 0) is 27.5 Å². The van der Waals surface area contributed by atoms with Gasteiger partial charge < -0.3 is 19.5 Å². The van der Waals surface area contributed by atoms with Gasteiger partial charge in [-0.2, -0.15) is 13.2 Å². The van der Waals surface area contributed by atoms with E-state index >= 15 is 0 Å². The highest BCUT2D eigenvalue weighted by atomic mass is 35.5. The minimum atomic E-state index is -4.41.